The predicted octanol–water partition coefficient (Wildman–Crippen LogP) is 2.99. The second-order valence-electron chi connectivity index (χ2n) is 4.62. The highest BCUT2D eigenvalue weighted by Crippen LogP contribution is 2.24. The van der Waals surface area contributed by atoms with E-state index in [0.29, 0.717) is 10.7 Å². The molecule has 7 nitrogen and oxygen atoms in total. The average molecular weight is 384 g/mol. The van der Waals surface area contributed by atoms with Gasteiger partial charge in [0.15, 0.2) is 6.61 Å². The van der Waals surface area contributed by atoms with E-state index in [4.69, 9.17) is 21.1 Å². The fraction of sp³-hybridized carbons (Fsp3) is 0.188. The Morgan fingerprint density at radius 2 is 1.92 bits per heavy atom. The maximum Gasteiger partial charge on any atom is 0.350 e. The van der Waals surface area contributed by atoms with E-state index >= 15 is 0 Å². The van der Waals surface area contributed by atoms with E-state index in [1.807, 2.05) is 0 Å². The van der Waals surface area contributed by atoms with E-state index in [0.717, 1.165) is 11.3 Å². The van der Waals surface area contributed by atoms with Crippen molar-refractivity contribution >= 4 is 46.5 Å². The van der Waals surface area contributed by atoms with Crippen LogP contribution in [0.25, 0.3) is 0 Å². The van der Waals surface area contributed by atoms with Crippen molar-refractivity contribution in [1.82, 2.24) is 0 Å². The molecule has 0 saturated heterocycles. The van der Waals surface area contributed by atoms with Crippen LogP contribution >= 0.6 is 22.9 Å². The lowest BCUT2D eigenvalue weighted by molar-refractivity contribution is -0.119. The first-order valence-corrected chi connectivity index (χ1v) is 8.18. The summed E-state index contributed by atoms with van der Waals surface area (Å²) in [7, 11) is 2.64. The molecule has 0 radical (unpaired) electrons. The number of halogens is 1. The zero-order chi connectivity index (χ0) is 18.4. The highest BCUT2D eigenvalue weighted by atomic mass is 35.5. The molecule has 0 bridgehead atoms. The van der Waals surface area contributed by atoms with Gasteiger partial charge in [0.2, 0.25) is 0 Å². The summed E-state index contributed by atoms with van der Waals surface area (Å²) in [6, 6.07) is 6.02. The molecule has 1 N–H and O–H groups in total. The summed E-state index contributed by atoms with van der Waals surface area (Å²) in [5.74, 6) is -1.64. The van der Waals surface area contributed by atoms with Gasteiger partial charge < -0.3 is 19.5 Å². The number of carbonyl (C=O) groups is 3. The first kappa shape index (κ1) is 18.8. The minimum atomic E-state index is -0.756. The molecule has 0 fully saturated rings. The van der Waals surface area contributed by atoms with Gasteiger partial charge in [-0.1, -0.05) is 11.6 Å². The van der Waals surface area contributed by atoms with Gasteiger partial charge in [0.05, 0.1) is 19.9 Å². The highest BCUT2D eigenvalue weighted by Gasteiger charge is 2.18. The van der Waals surface area contributed by atoms with Crippen LogP contribution in [-0.2, 0) is 14.3 Å². The van der Waals surface area contributed by atoms with E-state index in [2.05, 4.69) is 10.1 Å². The van der Waals surface area contributed by atoms with Crippen molar-refractivity contribution in [2.75, 3.05) is 26.1 Å². The first-order valence-electron chi connectivity index (χ1n) is 6.92. The molecular weight excluding hydrogens is 370 g/mol. The average Bonchev–Trinajstić information content (AvgIpc) is 3.06. The standard InChI is InChI=1S/C16H14ClNO6S/c1-22-12-4-3-9(17)7-10(12)15(20)24-8-13(19)18-11-5-6-25-14(11)16(21)23-2/h3-7H,8H2,1-2H3,(H,18,19). The Hall–Kier alpha value is -2.58. The number of esters is 2. The Labute approximate surface area is 152 Å². The van der Waals surface area contributed by atoms with Crippen LogP contribution in [0.5, 0.6) is 5.75 Å². The van der Waals surface area contributed by atoms with E-state index in [1.165, 1.54) is 26.4 Å². The Morgan fingerprint density at radius 1 is 1.16 bits per heavy atom. The van der Waals surface area contributed by atoms with Gasteiger partial charge in [-0.3, -0.25) is 4.79 Å². The number of thiophene rings is 1. The molecule has 0 unspecified atom stereocenters. The van der Waals surface area contributed by atoms with Gasteiger partial charge in [-0.15, -0.1) is 11.3 Å². The second kappa shape index (κ2) is 8.50. The number of rotatable bonds is 6. The molecule has 9 heteroatoms. The molecule has 0 atom stereocenters. The van der Waals surface area contributed by atoms with Gasteiger partial charge in [0, 0.05) is 5.02 Å². The van der Waals surface area contributed by atoms with E-state index < -0.39 is 24.5 Å². The van der Waals surface area contributed by atoms with Crippen molar-refractivity contribution < 1.29 is 28.6 Å². The van der Waals surface area contributed by atoms with Crippen molar-refractivity contribution in [2.45, 2.75) is 0 Å². The van der Waals surface area contributed by atoms with Gasteiger partial charge in [-0.2, -0.15) is 0 Å². The Morgan fingerprint density at radius 3 is 2.60 bits per heavy atom. The second-order valence-corrected chi connectivity index (χ2v) is 5.98. The summed E-state index contributed by atoms with van der Waals surface area (Å²) >= 11 is 6.97. The molecule has 132 valence electrons. The monoisotopic (exact) mass is 383 g/mol. The van der Waals surface area contributed by atoms with Crippen molar-refractivity contribution in [2.24, 2.45) is 0 Å². The summed E-state index contributed by atoms with van der Waals surface area (Å²) in [5, 5.41) is 4.45. The summed E-state index contributed by atoms with van der Waals surface area (Å²) in [4.78, 5) is 35.8. The molecule has 25 heavy (non-hydrogen) atoms. The Balaban J connectivity index is 1.99. The molecule has 2 rings (SSSR count). The van der Waals surface area contributed by atoms with Crippen molar-refractivity contribution in [3.63, 3.8) is 0 Å². The van der Waals surface area contributed by atoms with Gasteiger partial charge in [0.1, 0.15) is 16.2 Å². The maximum atomic E-state index is 12.1. The molecule has 1 heterocycles. The third-order valence-corrected chi connectivity index (χ3v) is 4.16. The Kier molecular flexibility index (Phi) is 6.37. The third kappa shape index (κ3) is 4.71. The molecule has 1 amide bonds. The molecular formula is C16H14ClNO6S. The zero-order valence-corrected chi connectivity index (χ0v) is 14.9. The number of hydrogen-bond donors (Lipinski definition) is 1. The molecule has 0 spiro atoms. The fourth-order valence-electron chi connectivity index (χ4n) is 1.89. The van der Waals surface area contributed by atoms with Crippen molar-refractivity contribution in [3.8, 4) is 5.75 Å². The maximum absolute atomic E-state index is 12.1. The molecule has 0 aliphatic rings. The Bertz CT molecular complexity index is 804. The van der Waals surface area contributed by atoms with Gasteiger partial charge in [0.25, 0.3) is 5.91 Å². The molecule has 0 aliphatic carbocycles. The number of carbonyl (C=O) groups excluding carboxylic acids is 3. The largest absolute Gasteiger partial charge is 0.496 e. The summed E-state index contributed by atoms with van der Waals surface area (Å²) < 4.78 is 14.6. The summed E-state index contributed by atoms with van der Waals surface area (Å²) in [5.41, 5.74) is 0.395. The van der Waals surface area contributed by atoms with E-state index in [1.54, 1.807) is 17.5 Å². The zero-order valence-electron chi connectivity index (χ0n) is 13.3. The molecule has 2 aromatic rings. The van der Waals surface area contributed by atoms with Crippen LogP contribution in [0, 0.1) is 0 Å². The smallest absolute Gasteiger partial charge is 0.350 e. The highest BCUT2D eigenvalue weighted by molar-refractivity contribution is 7.12. The van der Waals surface area contributed by atoms with Gasteiger partial charge in [-0.05, 0) is 29.6 Å². The lowest BCUT2D eigenvalue weighted by atomic mass is 10.2. The lowest BCUT2D eigenvalue weighted by Crippen LogP contribution is -2.22. The van der Waals surface area contributed by atoms with E-state index in [-0.39, 0.29) is 16.2 Å². The van der Waals surface area contributed by atoms with Crippen molar-refractivity contribution in [1.29, 1.82) is 0 Å². The van der Waals surface area contributed by atoms with Gasteiger partial charge in [-0.25, -0.2) is 9.59 Å². The van der Waals surface area contributed by atoms with Crippen LogP contribution in [0.15, 0.2) is 29.6 Å². The van der Waals surface area contributed by atoms with Crippen molar-refractivity contribution in [3.05, 3.63) is 45.1 Å². The normalized spacial score (nSPS) is 10.0. The SMILES string of the molecule is COC(=O)c1sccc1NC(=O)COC(=O)c1cc(Cl)ccc1OC. The van der Waals surface area contributed by atoms with Crippen LogP contribution in [0.4, 0.5) is 5.69 Å². The minimum absolute atomic E-state index is 0.105. The number of ether oxygens (including phenoxy) is 3. The number of hydrogen-bond acceptors (Lipinski definition) is 7. The summed E-state index contributed by atoms with van der Waals surface area (Å²) in [6.07, 6.45) is 0. The van der Waals surface area contributed by atoms with Crippen LogP contribution in [0.3, 0.4) is 0 Å². The van der Waals surface area contributed by atoms with Gasteiger partial charge >= 0.3 is 11.9 Å². The first-order chi connectivity index (χ1) is 12.0. The van der Waals surface area contributed by atoms with Crippen LogP contribution < -0.4 is 10.1 Å². The molecule has 0 aliphatic heterocycles. The molecule has 1 aromatic heterocycles. The third-order valence-electron chi connectivity index (χ3n) is 3.03. The topological polar surface area (TPSA) is 90.9 Å². The van der Waals surface area contributed by atoms with Crippen LogP contribution in [0.1, 0.15) is 20.0 Å². The molecule has 0 saturated carbocycles. The molecule has 1 aromatic carbocycles. The summed E-state index contributed by atoms with van der Waals surface area (Å²) in [6.45, 7) is -0.537. The van der Waals surface area contributed by atoms with E-state index in [9.17, 15) is 14.4 Å². The number of amides is 1. The minimum Gasteiger partial charge on any atom is -0.496 e. The van der Waals surface area contributed by atoms with Crippen LogP contribution in [0.2, 0.25) is 5.02 Å². The number of methoxy groups -OCH3 is 2. The predicted molar refractivity (Wildman–Crippen MR) is 92.6 cm³/mol. The number of anilines is 1. The van der Waals surface area contributed by atoms with Crippen LogP contribution in [-0.4, -0.2) is 38.7 Å². The number of benzene rings is 1. The quantitative estimate of drug-likeness (QED) is 0.771. The number of nitrogens with one attached hydrogen (secondary N) is 1. The lowest BCUT2D eigenvalue weighted by Gasteiger charge is -2.09. The fourth-order valence-corrected chi connectivity index (χ4v) is 2.83.